The van der Waals surface area contributed by atoms with E-state index in [9.17, 15) is 0 Å². The van der Waals surface area contributed by atoms with Crippen LogP contribution in [0.4, 0.5) is 0 Å². The van der Waals surface area contributed by atoms with E-state index in [-0.39, 0.29) is 24.0 Å². The lowest BCUT2D eigenvalue weighted by Crippen LogP contribution is -2.47. The third kappa shape index (κ3) is 12.8. The monoisotopic (exact) mass is 469 g/mol. The Morgan fingerprint density at radius 2 is 1.52 bits per heavy atom. The van der Waals surface area contributed by atoms with Crippen LogP contribution in [-0.4, -0.2) is 73.7 Å². The van der Waals surface area contributed by atoms with Crippen molar-refractivity contribution in [1.82, 2.24) is 20.4 Å². The molecule has 6 heteroatoms. The van der Waals surface area contributed by atoms with Gasteiger partial charge >= 0.3 is 0 Å². The van der Waals surface area contributed by atoms with Gasteiger partial charge in [0.2, 0.25) is 0 Å². The summed E-state index contributed by atoms with van der Waals surface area (Å²) in [6, 6.07) is 1.58. The zero-order chi connectivity index (χ0) is 18.5. The maximum atomic E-state index is 4.36. The van der Waals surface area contributed by atoms with Crippen molar-refractivity contribution in [2.75, 3.05) is 39.8 Å². The molecule has 0 saturated heterocycles. The maximum absolute atomic E-state index is 4.36. The fourth-order valence-corrected chi connectivity index (χ4v) is 3.08. The summed E-state index contributed by atoms with van der Waals surface area (Å²) >= 11 is 0. The van der Waals surface area contributed by atoms with Crippen molar-refractivity contribution < 1.29 is 0 Å². The lowest BCUT2D eigenvalue weighted by Gasteiger charge is -2.30. The number of hydrogen-bond acceptors (Lipinski definition) is 3. The second kappa shape index (κ2) is 16.1. The molecule has 5 nitrogen and oxygen atoms in total. The van der Waals surface area contributed by atoms with Gasteiger partial charge in [0.1, 0.15) is 0 Å². The first-order valence-electron chi connectivity index (χ1n) is 9.80. The van der Waals surface area contributed by atoms with E-state index < -0.39 is 0 Å². The second-order valence-corrected chi connectivity index (χ2v) is 7.14. The highest BCUT2D eigenvalue weighted by Crippen LogP contribution is 2.03. The van der Waals surface area contributed by atoms with Crippen molar-refractivity contribution >= 4 is 29.9 Å². The normalized spacial score (nSPS) is 13.5. The van der Waals surface area contributed by atoms with E-state index in [1.54, 1.807) is 0 Å². The Hall–Kier alpha value is -0.0800. The average Bonchev–Trinajstić information content (AvgIpc) is 2.53. The Labute approximate surface area is 174 Å². The number of hydrogen-bond donors (Lipinski definition) is 2. The lowest BCUT2D eigenvalue weighted by atomic mass is 10.2. The minimum Gasteiger partial charge on any atom is -0.355 e. The highest BCUT2D eigenvalue weighted by atomic mass is 127. The number of nitrogens with one attached hydrogen (secondary N) is 2. The molecule has 0 aromatic heterocycles. The Balaban J connectivity index is 0. The zero-order valence-electron chi connectivity index (χ0n) is 17.9. The molecule has 0 fully saturated rings. The Morgan fingerprint density at radius 3 is 1.96 bits per heavy atom. The molecule has 0 rings (SSSR count). The zero-order valence-corrected chi connectivity index (χ0v) is 20.3. The molecular formula is C19H44IN5. The van der Waals surface area contributed by atoms with Crippen LogP contribution in [0.25, 0.3) is 0 Å². The van der Waals surface area contributed by atoms with E-state index >= 15 is 0 Å². The lowest BCUT2D eigenvalue weighted by molar-refractivity contribution is 0.178. The minimum absolute atomic E-state index is 0. The van der Waals surface area contributed by atoms with Crippen molar-refractivity contribution in [3.63, 3.8) is 0 Å². The highest BCUT2D eigenvalue weighted by Gasteiger charge is 2.13. The summed E-state index contributed by atoms with van der Waals surface area (Å²) in [5.41, 5.74) is 0. The van der Waals surface area contributed by atoms with Crippen LogP contribution >= 0.6 is 24.0 Å². The predicted molar refractivity (Wildman–Crippen MR) is 123 cm³/mol. The quantitative estimate of drug-likeness (QED) is 0.261. The Bertz CT molecular complexity index is 322. The van der Waals surface area contributed by atoms with Crippen LogP contribution in [0, 0.1) is 0 Å². The van der Waals surface area contributed by atoms with Crippen molar-refractivity contribution in [1.29, 1.82) is 0 Å². The number of guanidine groups is 1. The first-order valence-corrected chi connectivity index (χ1v) is 9.80. The van der Waals surface area contributed by atoms with Crippen LogP contribution in [0.3, 0.4) is 0 Å². The highest BCUT2D eigenvalue weighted by molar-refractivity contribution is 14.0. The van der Waals surface area contributed by atoms with Crippen LogP contribution in [0.5, 0.6) is 0 Å². The van der Waals surface area contributed by atoms with E-state index in [1.807, 2.05) is 7.05 Å². The predicted octanol–water partition coefficient (Wildman–Crippen LogP) is 3.40. The molecule has 0 aromatic carbocycles. The van der Waals surface area contributed by atoms with Gasteiger partial charge < -0.3 is 15.5 Å². The molecule has 25 heavy (non-hydrogen) atoms. The molecule has 0 aromatic rings. The smallest absolute Gasteiger partial charge is 0.191 e. The van der Waals surface area contributed by atoms with Crippen molar-refractivity contribution in [2.45, 2.75) is 79.4 Å². The molecule has 0 amide bonds. The van der Waals surface area contributed by atoms with Gasteiger partial charge in [-0.2, -0.15) is 0 Å². The molecule has 1 atom stereocenters. The van der Waals surface area contributed by atoms with Crippen LogP contribution in [0.2, 0.25) is 0 Å². The van der Waals surface area contributed by atoms with Crippen LogP contribution in [-0.2, 0) is 0 Å². The Kier molecular flexibility index (Phi) is 17.5. The van der Waals surface area contributed by atoms with Crippen LogP contribution in [0.15, 0.2) is 4.99 Å². The summed E-state index contributed by atoms with van der Waals surface area (Å²) in [4.78, 5) is 9.33. The number of aliphatic imine (C=N–C) groups is 1. The van der Waals surface area contributed by atoms with E-state index in [0.717, 1.165) is 32.1 Å². The number of halogens is 1. The Morgan fingerprint density at radius 1 is 0.960 bits per heavy atom. The van der Waals surface area contributed by atoms with Crippen LogP contribution < -0.4 is 10.6 Å². The van der Waals surface area contributed by atoms with Gasteiger partial charge in [0.25, 0.3) is 0 Å². The molecule has 0 radical (unpaired) electrons. The van der Waals surface area contributed by atoms with Gasteiger partial charge in [0.15, 0.2) is 5.96 Å². The number of rotatable bonds is 12. The molecule has 2 N–H and O–H groups in total. The van der Waals surface area contributed by atoms with Crippen molar-refractivity contribution in [3.8, 4) is 0 Å². The van der Waals surface area contributed by atoms with Gasteiger partial charge in [-0.3, -0.25) is 9.89 Å². The molecule has 0 spiro atoms. The molecular weight excluding hydrogens is 425 g/mol. The fraction of sp³-hybridized carbons (Fsp3) is 0.947. The third-order valence-corrected chi connectivity index (χ3v) is 4.60. The summed E-state index contributed by atoms with van der Waals surface area (Å²) in [6.45, 7) is 21.1. The van der Waals surface area contributed by atoms with Crippen LogP contribution in [0.1, 0.15) is 61.3 Å². The first-order chi connectivity index (χ1) is 11.3. The summed E-state index contributed by atoms with van der Waals surface area (Å²) in [6.07, 6.45) is 2.39. The summed E-state index contributed by atoms with van der Waals surface area (Å²) in [5.74, 6) is 0.915. The molecule has 0 heterocycles. The summed E-state index contributed by atoms with van der Waals surface area (Å²) < 4.78 is 0. The molecule has 1 unspecified atom stereocenters. The minimum atomic E-state index is 0. The molecule has 0 aliphatic heterocycles. The second-order valence-electron chi connectivity index (χ2n) is 7.14. The van der Waals surface area contributed by atoms with E-state index in [1.165, 1.54) is 19.4 Å². The molecule has 152 valence electrons. The fourth-order valence-electron chi connectivity index (χ4n) is 3.08. The standard InChI is InChI=1S/C19H43N5.HI/c1-9-23(10-2)14-11-12-18(7)22-19(20-8)21-13-15-24(16(3)4)17(5)6;/h16-18H,9-15H2,1-8H3,(H2,20,21,22);1H. The largest absolute Gasteiger partial charge is 0.355 e. The van der Waals surface area contributed by atoms with Gasteiger partial charge in [-0.1, -0.05) is 13.8 Å². The summed E-state index contributed by atoms with van der Waals surface area (Å²) in [5, 5.41) is 6.96. The first kappa shape index (κ1) is 27.1. The SMILES string of the molecule is CCN(CC)CCCC(C)NC(=NC)NCCN(C(C)C)C(C)C.I. The summed E-state index contributed by atoms with van der Waals surface area (Å²) in [7, 11) is 1.85. The molecule has 0 aliphatic rings. The topological polar surface area (TPSA) is 42.9 Å². The van der Waals surface area contributed by atoms with Gasteiger partial charge in [0, 0.05) is 38.3 Å². The van der Waals surface area contributed by atoms with Crippen molar-refractivity contribution in [2.24, 2.45) is 4.99 Å². The number of nitrogens with zero attached hydrogens (tertiary/aromatic N) is 3. The van der Waals surface area contributed by atoms with Crippen molar-refractivity contribution in [3.05, 3.63) is 0 Å². The van der Waals surface area contributed by atoms with E-state index in [4.69, 9.17) is 0 Å². The van der Waals surface area contributed by atoms with E-state index in [2.05, 4.69) is 73.9 Å². The molecule has 0 saturated carbocycles. The average molecular weight is 470 g/mol. The van der Waals surface area contributed by atoms with Gasteiger partial charge in [0.05, 0.1) is 0 Å². The van der Waals surface area contributed by atoms with Gasteiger partial charge in [-0.25, -0.2) is 0 Å². The van der Waals surface area contributed by atoms with Gasteiger partial charge in [-0.15, -0.1) is 24.0 Å². The van der Waals surface area contributed by atoms with E-state index in [0.29, 0.717) is 18.1 Å². The molecule has 0 bridgehead atoms. The molecule has 0 aliphatic carbocycles. The third-order valence-electron chi connectivity index (χ3n) is 4.60. The van der Waals surface area contributed by atoms with Gasteiger partial charge in [-0.05, 0) is 67.1 Å². The maximum Gasteiger partial charge on any atom is 0.191 e.